The van der Waals surface area contributed by atoms with Gasteiger partial charge in [-0.15, -0.1) is 0 Å². The molecule has 4 heteroatoms. The van der Waals surface area contributed by atoms with Gasteiger partial charge in [-0.1, -0.05) is 32.9 Å². The highest BCUT2D eigenvalue weighted by atomic mass is 16.5. The van der Waals surface area contributed by atoms with Gasteiger partial charge in [-0.2, -0.15) is 0 Å². The molecule has 1 saturated carbocycles. The number of rotatable bonds is 6. The molecule has 1 aliphatic carbocycles. The van der Waals surface area contributed by atoms with Crippen LogP contribution in [0.4, 0.5) is 0 Å². The largest absolute Gasteiger partial charge is 0.481 e. The first-order valence-corrected chi connectivity index (χ1v) is 7.96. The molecule has 0 spiro atoms. The minimum atomic E-state index is -0.545. The molecule has 22 heavy (non-hydrogen) atoms. The van der Waals surface area contributed by atoms with Gasteiger partial charge in [-0.25, -0.2) is 0 Å². The Hall–Kier alpha value is -1.55. The number of aliphatic hydroxyl groups excluding tert-OH is 1. The molecule has 0 bridgehead atoms. The Morgan fingerprint density at radius 2 is 1.91 bits per heavy atom. The zero-order valence-electron chi connectivity index (χ0n) is 14.0. The van der Waals surface area contributed by atoms with Crippen LogP contribution >= 0.6 is 0 Å². The van der Waals surface area contributed by atoms with Crippen LogP contribution in [0.2, 0.25) is 0 Å². The normalized spacial score (nSPS) is 17.7. The van der Waals surface area contributed by atoms with E-state index in [1.807, 2.05) is 24.3 Å². The molecule has 1 aromatic rings. The summed E-state index contributed by atoms with van der Waals surface area (Å²) in [5, 5.41) is 12.0. The van der Waals surface area contributed by atoms with Gasteiger partial charge in [0.15, 0.2) is 6.10 Å². The monoisotopic (exact) mass is 305 g/mol. The van der Waals surface area contributed by atoms with Gasteiger partial charge in [0.25, 0.3) is 5.91 Å². The molecule has 2 rings (SSSR count). The van der Waals surface area contributed by atoms with Crippen molar-refractivity contribution in [1.29, 1.82) is 0 Å². The van der Waals surface area contributed by atoms with E-state index in [0.29, 0.717) is 12.2 Å². The third-order valence-corrected chi connectivity index (χ3v) is 4.23. The number of benzene rings is 1. The van der Waals surface area contributed by atoms with Crippen molar-refractivity contribution in [3.63, 3.8) is 0 Å². The fourth-order valence-electron chi connectivity index (χ4n) is 2.46. The van der Waals surface area contributed by atoms with Crippen LogP contribution < -0.4 is 10.1 Å². The van der Waals surface area contributed by atoms with Crippen molar-refractivity contribution in [2.75, 3.05) is 6.61 Å². The number of carbonyl (C=O) groups excluding carboxylic acids is 1. The van der Waals surface area contributed by atoms with Crippen molar-refractivity contribution in [2.24, 2.45) is 0 Å². The van der Waals surface area contributed by atoms with Crippen LogP contribution in [0.1, 0.15) is 52.5 Å². The standard InChI is InChI=1S/C18H27NO3/c1-13(16(21)19-18(9-10-18)11-12-20)22-15-7-5-14(6-8-15)17(2,3)4/h5-8,13,20H,9-12H2,1-4H3,(H,19,21)/t13-/m0/s1. The summed E-state index contributed by atoms with van der Waals surface area (Å²) in [5.74, 6) is 0.577. The summed E-state index contributed by atoms with van der Waals surface area (Å²) in [6.07, 6.45) is 1.95. The summed E-state index contributed by atoms with van der Waals surface area (Å²) in [5.41, 5.74) is 1.14. The minimum Gasteiger partial charge on any atom is -0.481 e. The third-order valence-electron chi connectivity index (χ3n) is 4.23. The van der Waals surface area contributed by atoms with E-state index in [1.54, 1.807) is 6.92 Å². The predicted molar refractivity (Wildman–Crippen MR) is 87.0 cm³/mol. The van der Waals surface area contributed by atoms with Crippen molar-refractivity contribution in [3.05, 3.63) is 29.8 Å². The van der Waals surface area contributed by atoms with Crippen LogP contribution in [-0.2, 0) is 10.2 Å². The molecule has 1 fully saturated rings. The second-order valence-electron chi connectivity index (χ2n) is 7.28. The molecule has 1 aromatic carbocycles. The maximum atomic E-state index is 12.2. The Bertz CT molecular complexity index is 512. The lowest BCUT2D eigenvalue weighted by Gasteiger charge is -2.22. The number of ether oxygens (including phenoxy) is 1. The van der Waals surface area contributed by atoms with Gasteiger partial charge in [0.1, 0.15) is 5.75 Å². The van der Waals surface area contributed by atoms with E-state index in [1.165, 1.54) is 5.56 Å². The molecule has 122 valence electrons. The van der Waals surface area contributed by atoms with Crippen molar-refractivity contribution in [1.82, 2.24) is 5.32 Å². The van der Waals surface area contributed by atoms with E-state index >= 15 is 0 Å². The second kappa shape index (κ2) is 6.29. The molecule has 2 N–H and O–H groups in total. The highest BCUT2D eigenvalue weighted by molar-refractivity contribution is 5.81. The molecule has 4 nitrogen and oxygen atoms in total. The fraction of sp³-hybridized carbons (Fsp3) is 0.611. The lowest BCUT2D eigenvalue weighted by atomic mass is 9.87. The van der Waals surface area contributed by atoms with Crippen molar-refractivity contribution >= 4 is 5.91 Å². The van der Waals surface area contributed by atoms with Crippen molar-refractivity contribution < 1.29 is 14.6 Å². The van der Waals surface area contributed by atoms with Crippen LogP contribution in [0.3, 0.4) is 0 Å². The SMILES string of the molecule is C[C@H](Oc1ccc(C(C)(C)C)cc1)C(=O)NC1(CCO)CC1. The number of nitrogens with one attached hydrogen (secondary N) is 1. The number of carbonyl (C=O) groups is 1. The van der Waals surface area contributed by atoms with E-state index in [0.717, 1.165) is 12.8 Å². The molecule has 0 aliphatic heterocycles. The summed E-state index contributed by atoms with van der Waals surface area (Å²) < 4.78 is 5.72. The van der Waals surface area contributed by atoms with Crippen molar-refractivity contribution in [2.45, 2.75) is 64.0 Å². The van der Waals surface area contributed by atoms with Gasteiger partial charge < -0.3 is 15.2 Å². The van der Waals surface area contributed by atoms with E-state index in [-0.39, 0.29) is 23.5 Å². The third kappa shape index (κ3) is 4.23. The number of amides is 1. The van der Waals surface area contributed by atoms with Gasteiger partial charge in [0.2, 0.25) is 0 Å². The zero-order chi connectivity index (χ0) is 16.4. The molecule has 0 aromatic heterocycles. The highest BCUT2D eigenvalue weighted by Crippen LogP contribution is 2.38. The van der Waals surface area contributed by atoms with Crippen LogP contribution in [0.25, 0.3) is 0 Å². The topological polar surface area (TPSA) is 58.6 Å². The molecule has 0 radical (unpaired) electrons. The summed E-state index contributed by atoms with van der Waals surface area (Å²) in [4.78, 5) is 12.2. The van der Waals surface area contributed by atoms with E-state index in [9.17, 15) is 4.79 Å². The maximum Gasteiger partial charge on any atom is 0.261 e. The Balaban J connectivity index is 1.91. The van der Waals surface area contributed by atoms with Gasteiger partial charge in [-0.3, -0.25) is 4.79 Å². The van der Waals surface area contributed by atoms with Gasteiger partial charge in [-0.05, 0) is 49.3 Å². The first kappa shape index (κ1) is 16.8. The number of hydrogen-bond donors (Lipinski definition) is 2. The Morgan fingerprint density at radius 1 is 1.32 bits per heavy atom. The molecule has 1 atom stereocenters. The maximum absolute atomic E-state index is 12.2. The molecular weight excluding hydrogens is 278 g/mol. The second-order valence-corrected chi connectivity index (χ2v) is 7.28. The van der Waals surface area contributed by atoms with Crippen LogP contribution in [0, 0.1) is 0 Å². The van der Waals surface area contributed by atoms with Crippen LogP contribution in [-0.4, -0.2) is 29.3 Å². The molecule has 0 unspecified atom stereocenters. The molecular formula is C18H27NO3. The van der Waals surface area contributed by atoms with Gasteiger partial charge in [0.05, 0.1) is 0 Å². The number of hydrogen-bond acceptors (Lipinski definition) is 3. The first-order chi connectivity index (χ1) is 10.3. The molecule has 1 aliphatic rings. The average Bonchev–Trinajstić information content (AvgIpc) is 3.18. The summed E-state index contributed by atoms with van der Waals surface area (Å²) in [6, 6.07) is 7.89. The quantitative estimate of drug-likeness (QED) is 0.849. The average molecular weight is 305 g/mol. The molecule has 0 saturated heterocycles. The lowest BCUT2D eigenvalue weighted by molar-refractivity contribution is -0.128. The Labute approximate surface area is 132 Å². The van der Waals surface area contributed by atoms with Crippen LogP contribution in [0.5, 0.6) is 5.75 Å². The summed E-state index contributed by atoms with van der Waals surface area (Å²) in [7, 11) is 0. The van der Waals surface area contributed by atoms with E-state index in [2.05, 4.69) is 26.1 Å². The zero-order valence-corrected chi connectivity index (χ0v) is 14.0. The molecule has 0 heterocycles. The smallest absolute Gasteiger partial charge is 0.261 e. The lowest BCUT2D eigenvalue weighted by Crippen LogP contribution is -2.44. The van der Waals surface area contributed by atoms with Crippen molar-refractivity contribution in [3.8, 4) is 5.75 Å². The number of aliphatic hydroxyl groups is 1. The minimum absolute atomic E-state index is 0.101. The van der Waals surface area contributed by atoms with E-state index in [4.69, 9.17) is 9.84 Å². The van der Waals surface area contributed by atoms with Gasteiger partial charge >= 0.3 is 0 Å². The highest BCUT2D eigenvalue weighted by Gasteiger charge is 2.44. The van der Waals surface area contributed by atoms with Crippen LogP contribution in [0.15, 0.2) is 24.3 Å². The summed E-state index contributed by atoms with van der Waals surface area (Å²) >= 11 is 0. The van der Waals surface area contributed by atoms with Gasteiger partial charge in [0, 0.05) is 12.1 Å². The first-order valence-electron chi connectivity index (χ1n) is 7.96. The Morgan fingerprint density at radius 3 is 2.36 bits per heavy atom. The van der Waals surface area contributed by atoms with E-state index < -0.39 is 6.10 Å². The summed E-state index contributed by atoms with van der Waals surface area (Å²) in [6.45, 7) is 8.34. The predicted octanol–water partition coefficient (Wildman–Crippen LogP) is 2.78. The Kier molecular flexibility index (Phi) is 4.81. The fourth-order valence-corrected chi connectivity index (χ4v) is 2.46. The molecule has 1 amide bonds.